The van der Waals surface area contributed by atoms with Crippen LogP contribution in [-0.2, 0) is 5.41 Å². The molecule has 0 aliphatic carbocycles. The van der Waals surface area contributed by atoms with Gasteiger partial charge in [-0.2, -0.15) is 5.10 Å². The quantitative estimate of drug-likeness (QED) is 0.700. The second-order valence-electron chi connectivity index (χ2n) is 7.42. The predicted molar refractivity (Wildman–Crippen MR) is 106 cm³/mol. The minimum absolute atomic E-state index is 0.0622. The Hall–Kier alpha value is -3.21. The molecule has 0 bridgehead atoms. The fourth-order valence-electron chi connectivity index (χ4n) is 2.49. The van der Waals surface area contributed by atoms with Crippen molar-refractivity contribution in [3.63, 3.8) is 0 Å². The largest absolute Gasteiger partial charge is 0.438 e. The topological polar surface area (TPSA) is 64.1 Å². The Morgan fingerprint density at radius 1 is 0.889 bits per heavy atom. The van der Waals surface area contributed by atoms with Crippen molar-refractivity contribution in [3.8, 4) is 11.6 Å². The van der Waals surface area contributed by atoms with Crippen LogP contribution in [0.15, 0.2) is 60.7 Å². The van der Waals surface area contributed by atoms with E-state index in [0.717, 1.165) is 5.69 Å². The monoisotopic (exact) mass is 361 g/mol. The van der Waals surface area contributed by atoms with Gasteiger partial charge in [-0.3, -0.25) is 4.79 Å². The summed E-state index contributed by atoms with van der Waals surface area (Å²) in [7, 11) is 0. The summed E-state index contributed by atoms with van der Waals surface area (Å²) in [5.41, 5.74) is 3.41. The highest BCUT2D eigenvalue weighted by Crippen LogP contribution is 2.23. The van der Waals surface area contributed by atoms with Crippen LogP contribution < -0.4 is 10.1 Å². The number of carbonyl (C=O) groups is 1. The second-order valence-corrected chi connectivity index (χ2v) is 7.42. The van der Waals surface area contributed by atoms with Gasteiger partial charge in [0.1, 0.15) is 5.75 Å². The fraction of sp³-hybridized carbons (Fsp3) is 0.227. The van der Waals surface area contributed by atoms with Crippen LogP contribution in [0.4, 0.5) is 5.69 Å². The first-order valence-corrected chi connectivity index (χ1v) is 8.81. The van der Waals surface area contributed by atoms with Crippen LogP contribution in [-0.4, -0.2) is 16.1 Å². The van der Waals surface area contributed by atoms with Gasteiger partial charge in [0, 0.05) is 17.3 Å². The van der Waals surface area contributed by atoms with Crippen molar-refractivity contribution in [2.75, 3.05) is 5.32 Å². The van der Waals surface area contributed by atoms with Crippen LogP contribution >= 0.6 is 0 Å². The fourth-order valence-corrected chi connectivity index (χ4v) is 2.49. The van der Waals surface area contributed by atoms with E-state index in [1.54, 1.807) is 30.3 Å². The van der Waals surface area contributed by atoms with E-state index >= 15 is 0 Å². The summed E-state index contributed by atoms with van der Waals surface area (Å²) in [6.07, 6.45) is 0. The first-order chi connectivity index (χ1) is 12.8. The number of aromatic nitrogens is 2. The van der Waals surface area contributed by atoms with Crippen LogP contribution in [0.3, 0.4) is 0 Å². The summed E-state index contributed by atoms with van der Waals surface area (Å²) < 4.78 is 5.64. The molecule has 3 aromatic rings. The van der Waals surface area contributed by atoms with Crippen molar-refractivity contribution < 1.29 is 9.53 Å². The highest BCUT2D eigenvalue weighted by atomic mass is 16.5. The molecule has 3 rings (SSSR count). The lowest BCUT2D eigenvalue weighted by Crippen LogP contribution is -2.14. The third-order valence-corrected chi connectivity index (χ3v) is 4.12. The number of carbonyl (C=O) groups excluding carboxylic acids is 1. The van der Waals surface area contributed by atoms with Gasteiger partial charge in [-0.05, 0) is 60.4 Å². The van der Waals surface area contributed by atoms with Crippen molar-refractivity contribution in [2.24, 2.45) is 0 Å². The third-order valence-electron chi connectivity index (χ3n) is 4.12. The molecule has 2 aromatic carbocycles. The Labute approximate surface area is 159 Å². The molecule has 0 atom stereocenters. The van der Waals surface area contributed by atoms with Crippen molar-refractivity contribution in [1.82, 2.24) is 10.2 Å². The number of amides is 1. The van der Waals surface area contributed by atoms with E-state index in [0.29, 0.717) is 22.9 Å². The second kappa shape index (κ2) is 7.58. The molecule has 0 radical (unpaired) electrons. The van der Waals surface area contributed by atoms with Crippen molar-refractivity contribution in [3.05, 3.63) is 77.5 Å². The molecular formula is C22H23N3O2. The zero-order valence-electron chi connectivity index (χ0n) is 16.0. The van der Waals surface area contributed by atoms with Gasteiger partial charge in [0.25, 0.3) is 5.91 Å². The van der Waals surface area contributed by atoms with E-state index in [1.165, 1.54) is 5.56 Å². The normalized spacial score (nSPS) is 11.1. The molecule has 1 heterocycles. The number of hydrogen-bond acceptors (Lipinski definition) is 4. The molecule has 27 heavy (non-hydrogen) atoms. The maximum Gasteiger partial charge on any atom is 0.255 e. The lowest BCUT2D eigenvalue weighted by Gasteiger charge is -2.19. The molecule has 1 amide bonds. The molecule has 1 aromatic heterocycles. The van der Waals surface area contributed by atoms with Crippen LogP contribution in [0.1, 0.15) is 42.4 Å². The van der Waals surface area contributed by atoms with Gasteiger partial charge in [-0.1, -0.05) is 32.9 Å². The van der Waals surface area contributed by atoms with E-state index in [4.69, 9.17) is 4.74 Å². The molecule has 1 N–H and O–H groups in total. The summed E-state index contributed by atoms with van der Waals surface area (Å²) in [5, 5.41) is 10.8. The third kappa shape index (κ3) is 4.91. The average Bonchev–Trinajstić information content (AvgIpc) is 2.64. The lowest BCUT2D eigenvalue weighted by molar-refractivity contribution is 0.102. The number of nitrogens with zero attached hydrogens (tertiary/aromatic N) is 2. The molecular weight excluding hydrogens is 338 g/mol. The highest BCUT2D eigenvalue weighted by Gasteiger charge is 2.14. The van der Waals surface area contributed by atoms with Crippen LogP contribution in [0.5, 0.6) is 11.6 Å². The van der Waals surface area contributed by atoms with E-state index < -0.39 is 0 Å². The van der Waals surface area contributed by atoms with Gasteiger partial charge in [0.15, 0.2) is 0 Å². The molecule has 5 nitrogen and oxygen atoms in total. The molecule has 0 fully saturated rings. The van der Waals surface area contributed by atoms with Gasteiger partial charge in [-0.25, -0.2) is 0 Å². The van der Waals surface area contributed by atoms with Crippen LogP contribution in [0, 0.1) is 6.92 Å². The molecule has 0 saturated heterocycles. The summed E-state index contributed by atoms with van der Waals surface area (Å²) in [4.78, 5) is 12.4. The molecule has 0 unspecified atom stereocenters. The van der Waals surface area contributed by atoms with Crippen LogP contribution in [0.25, 0.3) is 0 Å². The minimum Gasteiger partial charge on any atom is -0.438 e. The number of rotatable bonds is 4. The number of ether oxygens (including phenoxy) is 1. The van der Waals surface area contributed by atoms with Gasteiger partial charge >= 0.3 is 0 Å². The standard InChI is InChI=1S/C22H23N3O2/c1-15-5-14-20(25-24-15)27-19-12-10-18(11-13-19)23-21(26)16-6-8-17(9-7-16)22(2,3)4/h5-14H,1-4H3,(H,23,26). The van der Waals surface area contributed by atoms with Gasteiger partial charge in [-0.15, -0.1) is 5.10 Å². The molecule has 0 aliphatic heterocycles. The Kier molecular flexibility index (Phi) is 5.21. The molecule has 0 spiro atoms. The maximum atomic E-state index is 12.4. The van der Waals surface area contributed by atoms with Crippen LogP contribution in [0.2, 0.25) is 0 Å². The van der Waals surface area contributed by atoms with E-state index in [9.17, 15) is 4.79 Å². The molecule has 138 valence electrons. The maximum absolute atomic E-state index is 12.4. The first-order valence-electron chi connectivity index (χ1n) is 8.81. The Bertz CT molecular complexity index is 910. The average molecular weight is 361 g/mol. The number of benzene rings is 2. The zero-order valence-corrected chi connectivity index (χ0v) is 16.0. The van der Waals surface area contributed by atoms with Gasteiger partial charge < -0.3 is 10.1 Å². The Balaban J connectivity index is 1.63. The Morgan fingerprint density at radius 2 is 1.56 bits per heavy atom. The molecule has 0 aliphatic rings. The van der Waals surface area contributed by atoms with Crippen molar-refractivity contribution >= 4 is 11.6 Å². The first kappa shape index (κ1) is 18.6. The SMILES string of the molecule is Cc1ccc(Oc2ccc(NC(=O)c3ccc(C(C)(C)C)cc3)cc2)nn1. The molecule has 0 saturated carbocycles. The summed E-state index contributed by atoms with van der Waals surface area (Å²) in [5.74, 6) is 0.908. The summed E-state index contributed by atoms with van der Waals surface area (Å²) in [6.45, 7) is 8.31. The van der Waals surface area contributed by atoms with E-state index in [1.807, 2.05) is 37.3 Å². The number of hydrogen-bond donors (Lipinski definition) is 1. The number of anilines is 1. The van der Waals surface area contributed by atoms with Crippen molar-refractivity contribution in [2.45, 2.75) is 33.1 Å². The summed E-state index contributed by atoms with van der Waals surface area (Å²) in [6, 6.07) is 18.4. The molecule has 5 heteroatoms. The zero-order chi connectivity index (χ0) is 19.4. The summed E-state index contributed by atoms with van der Waals surface area (Å²) >= 11 is 0. The smallest absolute Gasteiger partial charge is 0.255 e. The van der Waals surface area contributed by atoms with Gasteiger partial charge in [0.2, 0.25) is 5.88 Å². The van der Waals surface area contributed by atoms with E-state index in [2.05, 4.69) is 36.3 Å². The Morgan fingerprint density at radius 3 is 2.11 bits per heavy atom. The predicted octanol–water partition coefficient (Wildman–Crippen LogP) is 5.13. The van der Waals surface area contributed by atoms with E-state index in [-0.39, 0.29) is 11.3 Å². The lowest BCUT2D eigenvalue weighted by atomic mass is 9.87. The minimum atomic E-state index is -0.145. The van der Waals surface area contributed by atoms with Crippen molar-refractivity contribution in [1.29, 1.82) is 0 Å². The number of aryl methyl sites for hydroxylation is 1. The van der Waals surface area contributed by atoms with Gasteiger partial charge in [0.05, 0.1) is 5.69 Å². The number of nitrogens with one attached hydrogen (secondary N) is 1. The highest BCUT2D eigenvalue weighted by molar-refractivity contribution is 6.04.